The molecular weight excluding hydrogens is 460 g/mol. The van der Waals surface area contributed by atoms with Crippen LogP contribution in [0.1, 0.15) is 44.4 Å². The van der Waals surface area contributed by atoms with Gasteiger partial charge < -0.3 is 29.1 Å². The molecule has 4 rings (SSSR count). The van der Waals surface area contributed by atoms with Crippen LogP contribution < -0.4 is 14.2 Å². The standard InChI is InChI=1S/C28H34N2O6/c1-4-14-34-21-9-7-8-19(17-21)25-24(27(32)28(33)30(25)13-12-29(5-2)6-3)26(31)20-10-11-22-23(18-20)36-16-15-35-22/h7-11,17-18,25,31H,4-6,12-16H2,1-3H3/t25-/m0/s1. The van der Waals surface area contributed by atoms with Crippen molar-refractivity contribution in [2.45, 2.75) is 33.2 Å². The lowest BCUT2D eigenvalue weighted by Gasteiger charge is -2.28. The Kier molecular flexibility index (Phi) is 8.15. The molecule has 0 radical (unpaired) electrons. The number of hydrogen-bond acceptors (Lipinski definition) is 7. The highest BCUT2D eigenvalue weighted by Gasteiger charge is 2.46. The summed E-state index contributed by atoms with van der Waals surface area (Å²) in [5.41, 5.74) is 1.16. The van der Waals surface area contributed by atoms with Gasteiger partial charge in [-0.25, -0.2) is 0 Å². The maximum atomic E-state index is 13.3. The number of aliphatic hydroxyl groups is 1. The molecule has 0 aromatic heterocycles. The number of ketones is 1. The number of likely N-dealkylation sites (tertiary alicyclic amines) is 1. The molecule has 2 aliphatic rings. The molecule has 1 atom stereocenters. The molecule has 192 valence electrons. The molecule has 0 spiro atoms. The largest absolute Gasteiger partial charge is 0.507 e. The molecule has 0 saturated carbocycles. The van der Waals surface area contributed by atoms with E-state index in [-0.39, 0.29) is 11.3 Å². The van der Waals surface area contributed by atoms with Gasteiger partial charge in [0, 0.05) is 18.7 Å². The number of nitrogens with zero attached hydrogens (tertiary/aromatic N) is 2. The third-order valence-corrected chi connectivity index (χ3v) is 6.55. The summed E-state index contributed by atoms with van der Waals surface area (Å²) >= 11 is 0. The second kappa shape index (κ2) is 11.5. The molecule has 8 heteroatoms. The molecule has 2 heterocycles. The van der Waals surface area contributed by atoms with E-state index in [1.807, 2.05) is 31.2 Å². The number of fused-ring (bicyclic) bond motifs is 1. The van der Waals surface area contributed by atoms with E-state index in [0.29, 0.717) is 61.3 Å². The summed E-state index contributed by atoms with van der Waals surface area (Å²) in [5.74, 6) is 0.170. The molecule has 36 heavy (non-hydrogen) atoms. The zero-order valence-corrected chi connectivity index (χ0v) is 21.2. The lowest BCUT2D eigenvalue weighted by Crippen LogP contribution is -2.38. The molecule has 8 nitrogen and oxygen atoms in total. The Bertz CT molecular complexity index is 1140. The molecule has 0 aliphatic carbocycles. The van der Waals surface area contributed by atoms with E-state index >= 15 is 0 Å². The number of likely N-dealkylation sites (N-methyl/N-ethyl adjacent to an activating group) is 1. The van der Waals surface area contributed by atoms with Crippen molar-refractivity contribution in [3.8, 4) is 17.2 Å². The first-order valence-corrected chi connectivity index (χ1v) is 12.6. The number of ether oxygens (including phenoxy) is 3. The van der Waals surface area contributed by atoms with Crippen LogP contribution in [0.2, 0.25) is 0 Å². The molecule has 2 aromatic rings. The van der Waals surface area contributed by atoms with Crippen LogP contribution in [0.15, 0.2) is 48.0 Å². The highest BCUT2D eigenvalue weighted by atomic mass is 16.6. The highest BCUT2D eigenvalue weighted by Crippen LogP contribution is 2.41. The molecular formula is C28H34N2O6. The minimum atomic E-state index is -0.737. The van der Waals surface area contributed by atoms with Gasteiger partial charge in [0.25, 0.3) is 11.7 Å². The number of benzene rings is 2. The molecule has 2 aliphatic heterocycles. The molecule has 1 saturated heterocycles. The first-order valence-electron chi connectivity index (χ1n) is 12.6. The number of amides is 1. The fourth-order valence-corrected chi connectivity index (χ4v) is 4.59. The Hall–Kier alpha value is -3.52. The van der Waals surface area contributed by atoms with Gasteiger partial charge in [0.05, 0.1) is 18.2 Å². The van der Waals surface area contributed by atoms with E-state index in [4.69, 9.17) is 14.2 Å². The average Bonchev–Trinajstić information content (AvgIpc) is 3.17. The highest BCUT2D eigenvalue weighted by molar-refractivity contribution is 6.46. The molecule has 1 fully saturated rings. The maximum Gasteiger partial charge on any atom is 0.295 e. The van der Waals surface area contributed by atoms with E-state index in [9.17, 15) is 14.7 Å². The van der Waals surface area contributed by atoms with E-state index in [2.05, 4.69) is 18.7 Å². The topological polar surface area (TPSA) is 88.5 Å². The Morgan fingerprint density at radius 1 is 1.06 bits per heavy atom. The van der Waals surface area contributed by atoms with Gasteiger partial charge >= 0.3 is 0 Å². The van der Waals surface area contributed by atoms with E-state index < -0.39 is 17.7 Å². The summed E-state index contributed by atoms with van der Waals surface area (Å²) in [4.78, 5) is 30.3. The Balaban J connectivity index is 1.78. The second-order valence-corrected chi connectivity index (χ2v) is 8.80. The lowest BCUT2D eigenvalue weighted by atomic mass is 9.95. The Morgan fingerprint density at radius 3 is 2.53 bits per heavy atom. The minimum absolute atomic E-state index is 0.0591. The summed E-state index contributed by atoms with van der Waals surface area (Å²) < 4.78 is 17.1. The predicted octanol–water partition coefficient (Wildman–Crippen LogP) is 4.01. The van der Waals surface area contributed by atoms with Gasteiger partial charge in [-0.3, -0.25) is 9.59 Å². The smallest absolute Gasteiger partial charge is 0.295 e. The van der Waals surface area contributed by atoms with Crippen LogP contribution in [0.4, 0.5) is 0 Å². The first-order chi connectivity index (χ1) is 17.5. The van der Waals surface area contributed by atoms with Crippen LogP contribution >= 0.6 is 0 Å². The van der Waals surface area contributed by atoms with Crippen molar-refractivity contribution in [1.82, 2.24) is 9.80 Å². The monoisotopic (exact) mass is 494 g/mol. The average molecular weight is 495 g/mol. The van der Waals surface area contributed by atoms with E-state index in [1.165, 1.54) is 0 Å². The quantitative estimate of drug-likeness (QED) is 0.303. The van der Waals surface area contributed by atoms with Crippen LogP contribution in [0.5, 0.6) is 17.2 Å². The fraction of sp³-hybridized carbons (Fsp3) is 0.429. The third kappa shape index (κ3) is 5.18. The van der Waals surface area contributed by atoms with Crippen molar-refractivity contribution in [3.63, 3.8) is 0 Å². The van der Waals surface area contributed by atoms with Crippen molar-refractivity contribution in [2.24, 2.45) is 0 Å². The van der Waals surface area contributed by atoms with Gasteiger partial charge in [-0.1, -0.05) is 32.9 Å². The summed E-state index contributed by atoms with van der Waals surface area (Å²) in [6.07, 6.45) is 0.858. The normalized spacial score (nSPS) is 18.7. The van der Waals surface area contributed by atoms with Crippen molar-refractivity contribution in [3.05, 3.63) is 59.2 Å². The number of carbonyl (C=O) groups excluding carboxylic acids is 2. The van der Waals surface area contributed by atoms with Gasteiger partial charge in [0.2, 0.25) is 0 Å². The summed E-state index contributed by atoms with van der Waals surface area (Å²) in [6.45, 7) is 10.2. The summed E-state index contributed by atoms with van der Waals surface area (Å²) in [5, 5.41) is 11.4. The van der Waals surface area contributed by atoms with Crippen molar-refractivity contribution < 1.29 is 28.9 Å². The molecule has 1 amide bonds. The van der Waals surface area contributed by atoms with Crippen molar-refractivity contribution in [1.29, 1.82) is 0 Å². The summed E-state index contributed by atoms with van der Waals surface area (Å²) in [6, 6.07) is 11.7. The van der Waals surface area contributed by atoms with Crippen LogP contribution in [0.3, 0.4) is 0 Å². The number of Topliss-reactive ketones (excluding diaryl/α,β-unsaturated/α-hetero) is 1. The van der Waals surface area contributed by atoms with Crippen LogP contribution in [-0.4, -0.2) is 72.6 Å². The number of aliphatic hydroxyl groups excluding tert-OH is 1. The Labute approximate surface area is 212 Å². The van der Waals surface area contributed by atoms with Crippen LogP contribution in [0.25, 0.3) is 5.76 Å². The van der Waals surface area contributed by atoms with E-state index in [1.54, 1.807) is 23.1 Å². The van der Waals surface area contributed by atoms with Crippen molar-refractivity contribution >= 4 is 17.4 Å². The molecule has 0 unspecified atom stereocenters. The van der Waals surface area contributed by atoms with Gasteiger partial charge in [-0.05, 0) is 55.4 Å². The zero-order valence-electron chi connectivity index (χ0n) is 21.2. The second-order valence-electron chi connectivity index (χ2n) is 8.80. The lowest BCUT2D eigenvalue weighted by molar-refractivity contribution is -0.140. The van der Waals surface area contributed by atoms with Gasteiger partial charge in [0.1, 0.15) is 24.7 Å². The van der Waals surface area contributed by atoms with Gasteiger partial charge in [0.15, 0.2) is 11.5 Å². The molecule has 0 bridgehead atoms. The predicted molar refractivity (Wildman–Crippen MR) is 136 cm³/mol. The third-order valence-electron chi connectivity index (χ3n) is 6.55. The molecule has 1 N–H and O–H groups in total. The molecule has 2 aromatic carbocycles. The Morgan fingerprint density at radius 2 is 1.81 bits per heavy atom. The first kappa shape index (κ1) is 25.6. The van der Waals surface area contributed by atoms with Crippen LogP contribution in [0, 0.1) is 0 Å². The van der Waals surface area contributed by atoms with E-state index in [0.717, 1.165) is 19.5 Å². The van der Waals surface area contributed by atoms with Crippen molar-refractivity contribution in [2.75, 3.05) is 46.0 Å². The SMILES string of the molecule is CCCOc1cccc([C@H]2C(=C(O)c3ccc4c(c3)OCCO4)C(=O)C(=O)N2CCN(CC)CC)c1. The zero-order chi connectivity index (χ0) is 25.7. The number of carbonyl (C=O) groups is 2. The maximum absolute atomic E-state index is 13.3. The van der Waals surface area contributed by atoms with Gasteiger partial charge in [-0.15, -0.1) is 0 Å². The number of rotatable bonds is 10. The minimum Gasteiger partial charge on any atom is -0.507 e. The fourth-order valence-electron chi connectivity index (χ4n) is 4.59. The van der Waals surface area contributed by atoms with Crippen LogP contribution in [-0.2, 0) is 9.59 Å². The van der Waals surface area contributed by atoms with Gasteiger partial charge in [-0.2, -0.15) is 0 Å². The number of hydrogen-bond donors (Lipinski definition) is 1. The summed E-state index contributed by atoms with van der Waals surface area (Å²) in [7, 11) is 0.